The summed E-state index contributed by atoms with van der Waals surface area (Å²) in [6.45, 7) is 2.75. The van der Waals surface area contributed by atoms with Crippen LogP contribution in [0.2, 0.25) is 0 Å². The molecule has 0 radical (unpaired) electrons. The highest BCUT2D eigenvalue weighted by Crippen LogP contribution is 2.29. The van der Waals surface area contributed by atoms with Gasteiger partial charge in [-0.2, -0.15) is 0 Å². The van der Waals surface area contributed by atoms with Crippen LogP contribution in [0, 0.1) is 11.7 Å². The number of halogens is 1. The first-order valence-corrected chi connectivity index (χ1v) is 6.27. The van der Waals surface area contributed by atoms with Gasteiger partial charge in [0, 0.05) is 18.2 Å². The van der Waals surface area contributed by atoms with Crippen molar-refractivity contribution in [3.8, 4) is 5.75 Å². The molecule has 3 heteroatoms. The minimum absolute atomic E-state index is 0.247. The van der Waals surface area contributed by atoms with Crippen LogP contribution in [0.25, 0.3) is 0 Å². The number of hydrogen-bond acceptors (Lipinski definition) is 2. The summed E-state index contributed by atoms with van der Waals surface area (Å²) in [6.07, 6.45) is 3.94. The molecule has 1 unspecified atom stereocenters. The highest BCUT2D eigenvalue weighted by molar-refractivity contribution is 5.30. The summed E-state index contributed by atoms with van der Waals surface area (Å²) in [4.78, 5) is 0. The van der Waals surface area contributed by atoms with Crippen molar-refractivity contribution in [2.75, 3.05) is 7.11 Å². The van der Waals surface area contributed by atoms with E-state index in [0.29, 0.717) is 23.9 Å². The standard InChI is InChI=1S/C14H20FNO/c1-10(11-5-3-6-11)16-9-12-7-4-8-13(17-2)14(12)15/h4,7-8,10-11,16H,3,5-6,9H2,1-2H3. The molecule has 1 atom stereocenters. The van der Waals surface area contributed by atoms with Crippen LogP contribution >= 0.6 is 0 Å². The molecule has 1 aliphatic rings. The SMILES string of the molecule is COc1cccc(CNC(C)C2CCC2)c1F. The zero-order chi connectivity index (χ0) is 12.3. The van der Waals surface area contributed by atoms with Gasteiger partial charge in [0.25, 0.3) is 0 Å². The van der Waals surface area contributed by atoms with E-state index in [9.17, 15) is 4.39 Å². The van der Waals surface area contributed by atoms with Gasteiger partial charge >= 0.3 is 0 Å². The zero-order valence-corrected chi connectivity index (χ0v) is 10.5. The molecule has 2 nitrogen and oxygen atoms in total. The Morgan fingerprint density at radius 3 is 2.82 bits per heavy atom. The van der Waals surface area contributed by atoms with Crippen LogP contribution in [0.5, 0.6) is 5.75 Å². The van der Waals surface area contributed by atoms with Crippen molar-refractivity contribution in [3.63, 3.8) is 0 Å². The summed E-state index contributed by atoms with van der Waals surface area (Å²) < 4.78 is 18.8. The minimum Gasteiger partial charge on any atom is -0.494 e. The van der Waals surface area contributed by atoms with E-state index in [0.717, 1.165) is 5.92 Å². The van der Waals surface area contributed by atoms with Crippen molar-refractivity contribution in [2.24, 2.45) is 5.92 Å². The topological polar surface area (TPSA) is 21.3 Å². The van der Waals surface area contributed by atoms with Gasteiger partial charge in [0.2, 0.25) is 0 Å². The van der Waals surface area contributed by atoms with Gasteiger partial charge in [0.05, 0.1) is 7.11 Å². The summed E-state index contributed by atoms with van der Waals surface area (Å²) in [5.74, 6) is 0.840. The van der Waals surface area contributed by atoms with E-state index in [4.69, 9.17) is 4.74 Å². The normalized spacial score (nSPS) is 17.6. The third-order valence-electron chi connectivity index (χ3n) is 3.73. The van der Waals surface area contributed by atoms with Gasteiger partial charge in [0.1, 0.15) is 0 Å². The van der Waals surface area contributed by atoms with Crippen molar-refractivity contribution in [2.45, 2.75) is 38.8 Å². The van der Waals surface area contributed by atoms with Crippen LogP contribution in [0.15, 0.2) is 18.2 Å². The Labute approximate surface area is 102 Å². The van der Waals surface area contributed by atoms with Gasteiger partial charge in [-0.3, -0.25) is 0 Å². The van der Waals surface area contributed by atoms with Crippen LogP contribution < -0.4 is 10.1 Å². The summed E-state index contributed by atoms with van der Waals surface area (Å²) in [7, 11) is 1.49. The minimum atomic E-state index is -0.247. The van der Waals surface area contributed by atoms with Gasteiger partial charge in [-0.15, -0.1) is 0 Å². The molecule has 0 bridgehead atoms. The van der Waals surface area contributed by atoms with Gasteiger partial charge in [-0.25, -0.2) is 4.39 Å². The molecule has 1 saturated carbocycles. The zero-order valence-electron chi connectivity index (χ0n) is 10.5. The first kappa shape index (κ1) is 12.4. The van der Waals surface area contributed by atoms with Gasteiger partial charge in [-0.1, -0.05) is 18.6 Å². The average Bonchev–Trinajstić information content (AvgIpc) is 2.25. The summed E-state index contributed by atoms with van der Waals surface area (Å²) in [5.41, 5.74) is 0.676. The van der Waals surface area contributed by atoms with Crippen LogP contribution in [0.3, 0.4) is 0 Å². The van der Waals surface area contributed by atoms with E-state index in [1.807, 2.05) is 6.07 Å². The maximum Gasteiger partial charge on any atom is 0.169 e. The molecule has 1 aliphatic carbocycles. The number of methoxy groups -OCH3 is 1. The second kappa shape index (κ2) is 5.50. The predicted molar refractivity (Wildman–Crippen MR) is 66.6 cm³/mol. The molecular weight excluding hydrogens is 217 g/mol. The second-order valence-electron chi connectivity index (χ2n) is 4.79. The van der Waals surface area contributed by atoms with Crippen molar-refractivity contribution >= 4 is 0 Å². The van der Waals surface area contributed by atoms with Crippen LogP contribution in [0.4, 0.5) is 4.39 Å². The van der Waals surface area contributed by atoms with Crippen molar-refractivity contribution < 1.29 is 9.13 Å². The van der Waals surface area contributed by atoms with Crippen LogP contribution in [0.1, 0.15) is 31.7 Å². The first-order valence-electron chi connectivity index (χ1n) is 6.27. The first-order chi connectivity index (χ1) is 8.22. The van der Waals surface area contributed by atoms with E-state index >= 15 is 0 Å². The lowest BCUT2D eigenvalue weighted by Crippen LogP contribution is -2.36. The summed E-state index contributed by atoms with van der Waals surface area (Å²) in [5, 5.41) is 3.40. The van der Waals surface area contributed by atoms with Crippen molar-refractivity contribution in [1.29, 1.82) is 0 Å². The molecule has 2 rings (SSSR count). The molecule has 1 fully saturated rings. The van der Waals surface area contributed by atoms with Crippen LogP contribution in [-0.2, 0) is 6.54 Å². The Morgan fingerprint density at radius 1 is 1.47 bits per heavy atom. The molecule has 0 heterocycles. The molecule has 0 saturated heterocycles. The van der Waals surface area contributed by atoms with E-state index in [2.05, 4.69) is 12.2 Å². The van der Waals surface area contributed by atoms with E-state index < -0.39 is 0 Å². The molecule has 1 aromatic carbocycles. The number of ether oxygens (including phenoxy) is 1. The average molecular weight is 237 g/mol. The van der Waals surface area contributed by atoms with Crippen LogP contribution in [-0.4, -0.2) is 13.2 Å². The van der Waals surface area contributed by atoms with Crippen molar-refractivity contribution in [3.05, 3.63) is 29.6 Å². The Hall–Kier alpha value is -1.09. The van der Waals surface area contributed by atoms with Crippen molar-refractivity contribution in [1.82, 2.24) is 5.32 Å². The molecule has 94 valence electrons. The molecule has 0 amide bonds. The highest BCUT2D eigenvalue weighted by Gasteiger charge is 2.23. The highest BCUT2D eigenvalue weighted by atomic mass is 19.1. The third-order valence-corrected chi connectivity index (χ3v) is 3.73. The molecule has 0 spiro atoms. The number of rotatable bonds is 5. The monoisotopic (exact) mass is 237 g/mol. The molecule has 0 aromatic heterocycles. The fourth-order valence-electron chi connectivity index (χ4n) is 2.23. The fourth-order valence-corrected chi connectivity index (χ4v) is 2.23. The third kappa shape index (κ3) is 2.78. The fraction of sp³-hybridized carbons (Fsp3) is 0.571. The van der Waals surface area contributed by atoms with E-state index in [1.165, 1.54) is 26.4 Å². The Morgan fingerprint density at radius 2 is 2.24 bits per heavy atom. The largest absolute Gasteiger partial charge is 0.494 e. The maximum atomic E-state index is 13.9. The summed E-state index contributed by atoms with van der Waals surface area (Å²) in [6, 6.07) is 5.74. The molecule has 0 aliphatic heterocycles. The quantitative estimate of drug-likeness (QED) is 0.849. The van der Waals surface area contributed by atoms with E-state index in [-0.39, 0.29) is 5.82 Å². The van der Waals surface area contributed by atoms with Gasteiger partial charge < -0.3 is 10.1 Å². The smallest absolute Gasteiger partial charge is 0.169 e. The van der Waals surface area contributed by atoms with Gasteiger partial charge in [-0.05, 0) is 31.7 Å². The molecule has 17 heavy (non-hydrogen) atoms. The number of nitrogens with one attached hydrogen (secondary N) is 1. The lowest BCUT2D eigenvalue weighted by atomic mass is 9.80. The Bertz CT molecular complexity index is 376. The lowest BCUT2D eigenvalue weighted by molar-refractivity contribution is 0.239. The predicted octanol–water partition coefficient (Wildman–Crippen LogP) is 3.11. The molecule has 1 aromatic rings. The maximum absolute atomic E-state index is 13.9. The molecular formula is C14H20FNO. The number of hydrogen-bond donors (Lipinski definition) is 1. The van der Waals surface area contributed by atoms with Gasteiger partial charge in [0.15, 0.2) is 11.6 Å². The molecule has 1 N–H and O–H groups in total. The summed E-state index contributed by atoms with van der Waals surface area (Å²) >= 11 is 0. The Kier molecular flexibility index (Phi) is 4.00. The second-order valence-corrected chi connectivity index (χ2v) is 4.79. The Balaban J connectivity index is 1.93. The lowest BCUT2D eigenvalue weighted by Gasteiger charge is -2.32. The van der Waals surface area contributed by atoms with E-state index in [1.54, 1.807) is 12.1 Å². The number of benzene rings is 1.